The van der Waals surface area contributed by atoms with Crippen LogP contribution in [0, 0.1) is 5.92 Å². The molecule has 2 heteroatoms. The Bertz CT molecular complexity index is 333. The zero-order chi connectivity index (χ0) is 11.4. The van der Waals surface area contributed by atoms with E-state index in [9.17, 15) is 0 Å². The van der Waals surface area contributed by atoms with E-state index in [4.69, 9.17) is 0 Å². The van der Waals surface area contributed by atoms with E-state index in [0.29, 0.717) is 0 Å². The van der Waals surface area contributed by atoms with Crippen LogP contribution >= 0.6 is 0 Å². The second-order valence-electron chi connectivity index (χ2n) is 5.03. The number of nitrogens with one attached hydrogen (secondary N) is 1. The first-order valence-electron chi connectivity index (χ1n) is 6.30. The van der Waals surface area contributed by atoms with E-state index in [1.54, 1.807) is 0 Å². The first kappa shape index (κ1) is 11.5. The molecule has 1 N–H and O–H groups in total. The molecule has 1 aromatic rings. The van der Waals surface area contributed by atoms with Gasteiger partial charge in [-0.05, 0) is 24.0 Å². The van der Waals surface area contributed by atoms with Gasteiger partial charge in [-0.25, -0.2) is 0 Å². The van der Waals surface area contributed by atoms with Crippen LogP contribution in [0.15, 0.2) is 24.3 Å². The molecule has 0 radical (unpaired) electrons. The number of rotatable bonds is 2. The zero-order valence-electron chi connectivity index (χ0n) is 10.4. The summed E-state index contributed by atoms with van der Waals surface area (Å²) in [5.41, 5.74) is 2.78. The molecular formula is C14H22N2. The van der Waals surface area contributed by atoms with E-state index in [1.807, 2.05) is 0 Å². The molecule has 0 spiro atoms. The average Bonchev–Trinajstić information content (AvgIpc) is 2.23. The van der Waals surface area contributed by atoms with Crippen molar-refractivity contribution < 1.29 is 0 Å². The van der Waals surface area contributed by atoms with Crippen LogP contribution in [0.3, 0.4) is 0 Å². The van der Waals surface area contributed by atoms with Crippen LogP contribution in [0.5, 0.6) is 0 Å². The lowest BCUT2D eigenvalue weighted by Crippen LogP contribution is -2.35. The molecule has 1 aliphatic rings. The Labute approximate surface area is 98.7 Å². The van der Waals surface area contributed by atoms with Gasteiger partial charge < -0.3 is 10.2 Å². The molecule has 0 saturated carbocycles. The number of benzene rings is 1. The lowest BCUT2D eigenvalue weighted by atomic mass is 10.1. The molecule has 0 aromatic heterocycles. The molecule has 0 amide bonds. The number of para-hydroxylation sites is 1. The van der Waals surface area contributed by atoms with Crippen LogP contribution in [-0.4, -0.2) is 31.1 Å². The van der Waals surface area contributed by atoms with Crippen molar-refractivity contribution in [1.29, 1.82) is 0 Å². The van der Waals surface area contributed by atoms with Crippen molar-refractivity contribution in [2.24, 2.45) is 5.92 Å². The third kappa shape index (κ3) is 2.99. The van der Waals surface area contributed by atoms with Gasteiger partial charge in [0.1, 0.15) is 0 Å². The van der Waals surface area contributed by atoms with E-state index < -0.39 is 0 Å². The summed E-state index contributed by atoms with van der Waals surface area (Å²) in [5.74, 6) is 0.759. The van der Waals surface area contributed by atoms with Gasteiger partial charge in [0, 0.05) is 31.9 Å². The summed E-state index contributed by atoms with van der Waals surface area (Å²) in [6.07, 6.45) is 1.16. The fourth-order valence-corrected chi connectivity index (χ4v) is 2.35. The first-order chi connectivity index (χ1) is 7.75. The smallest absolute Gasteiger partial charge is 0.0373 e. The SMILES string of the molecule is CC(C)CN1CCNc2ccccc2CC1. The lowest BCUT2D eigenvalue weighted by Gasteiger charge is -2.27. The van der Waals surface area contributed by atoms with E-state index in [-0.39, 0.29) is 0 Å². The molecule has 0 saturated heterocycles. The highest BCUT2D eigenvalue weighted by atomic mass is 15.1. The molecule has 16 heavy (non-hydrogen) atoms. The number of anilines is 1. The summed E-state index contributed by atoms with van der Waals surface area (Å²) in [6.45, 7) is 9.21. The van der Waals surface area contributed by atoms with Crippen LogP contribution in [0.1, 0.15) is 19.4 Å². The molecule has 0 atom stereocenters. The van der Waals surface area contributed by atoms with Gasteiger partial charge >= 0.3 is 0 Å². The Hall–Kier alpha value is -1.02. The Kier molecular flexibility index (Phi) is 3.83. The average molecular weight is 218 g/mol. The molecule has 88 valence electrons. The van der Waals surface area contributed by atoms with Crippen molar-refractivity contribution in [3.05, 3.63) is 29.8 Å². The second kappa shape index (κ2) is 5.35. The molecule has 0 fully saturated rings. The third-order valence-electron chi connectivity index (χ3n) is 3.08. The lowest BCUT2D eigenvalue weighted by molar-refractivity contribution is 0.254. The van der Waals surface area contributed by atoms with Crippen LogP contribution in [-0.2, 0) is 6.42 Å². The van der Waals surface area contributed by atoms with Crippen molar-refractivity contribution in [1.82, 2.24) is 4.90 Å². The van der Waals surface area contributed by atoms with E-state index in [2.05, 4.69) is 48.3 Å². The van der Waals surface area contributed by atoms with Crippen molar-refractivity contribution in [2.45, 2.75) is 20.3 Å². The predicted molar refractivity (Wildman–Crippen MR) is 69.9 cm³/mol. The second-order valence-corrected chi connectivity index (χ2v) is 5.03. The number of hydrogen-bond acceptors (Lipinski definition) is 2. The van der Waals surface area contributed by atoms with E-state index in [0.717, 1.165) is 25.4 Å². The standard InChI is InChI=1S/C14H22N2/c1-12(2)11-16-9-7-13-5-3-4-6-14(13)15-8-10-16/h3-6,12,15H,7-11H2,1-2H3. The Morgan fingerprint density at radius 2 is 2.06 bits per heavy atom. The normalized spacial score (nSPS) is 17.4. The van der Waals surface area contributed by atoms with Gasteiger partial charge in [0.15, 0.2) is 0 Å². The Morgan fingerprint density at radius 3 is 2.88 bits per heavy atom. The molecule has 2 nitrogen and oxygen atoms in total. The summed E-state index contributed by atoms with van der Waals surface area (Å²) in [7, 11) is 0. The molecule has 1 aromatic carbocycles. The highest BCUT2D eigenvalue weighted by Crippen LogP contribution is 2.17. The number of nitrogens with zero attached hydrogens (tertiary/aromatic N) is 1. The maximum atomic E-state index is 3.53. The fraction of sp³-hybridized carbons (Fsp3) is 0.571. The monoisotopic (exact) mass is 218 g/mol. The topological polar surface area (TPSA) is 15.3 Å². The summed E-state index contributed by atoms with van der Waals surface area (Å²) < 4.78 is 0. The fourth-order valence-electron chi connectivity index (χ4n) is 2.35. The highest BCUT2D eigenvalue weighted by molar-refractivity contribution is 5.51. The van der Waals surface area contributed by atoms with Gasteiger partial charge in [-0.15, -0.1) is 0 Å². The molecule has 0 aliphatic carbocycles. The maximum absolute atomic E-state index is 3.53. The van der Waals surface area contributed by atoms with Gasteiger partial charge in [0.05, 0.1) is 0 Å². The van der Waals surface area contributed by atoms with E-state index >= 15 is 0 Å². The zero-order valence-corrected chi connectivity index (χ0v) is 10.4. The highest BCUT2D eigenvalue weighted by Gasteiger charge is 2.11. The Morgan fingerprint density at radius 1 is 1.25 bits per heavy atom. The van der Waals surface area contributed by atoms with Crippen molar-refractivity contribution in [2.75, 3.05) is 31.5 Å². The van der Waals surface area contributed by atoms with Crippen molar-refractivity contribution in [3.8, 4) is 0 Å². The van der Waals surface area contributed by atoms with Gasteiger partial charge in [-0.3, -0.25) is 0 Å². The Balaban J connectivity index is 2.01. The van der Waals surface area contributed by atoms with Crippen molar-refractivity contribution in [3.63, 3.8) is 0 Å². The molecular weight excluding hydrogens is 196 g/mol. The minimum Gasteiger partial charge on any atom is -0.384 e. The summed E-state index contributed by atoms with van der Waals surface area (Å²) in [4.78, 5) is 2.56. The summed E-state index contributed by atoms with van der Waals surface area (Å²) in [6, 6.07) is 8.67. The minimum absolute atomic E-state index is 0.759. The third-order valence-corrected chi connectivity index (χ3v) is 3.08. The molecule has 0 bridgehead atoms. The van der Waals surface area contributed by atoms with Gasteiger partial charge in [0.25, 0.3) is 0 Å². The first-order valence-corrected chi connectivity index (χ1v) is 6.30. The molecule has 1 aliphatic heterocycles. The predicted octanol–water partition coefficient (Wildman–Crippen LogP) is 2.61. The van der Waals surface area contributed by atoms with Crippen molar-refractivity contribution >= 4 is 5.69 Å². The van der Waals surface area contributed by atoms with Crippen LogP contribution < -0.4 is 5.32 Å². The van der Waals surface area contributed by atoms with Gasteiger partial charge in [-0.1, -0.05) is 32.0 Å². The largest absolute Gasteiger partial charge is 0.384 e. The maximum Gasteiger partial charge on any atom is 0.0373 e. The van der Waals surface area contributed by atoms with E-state index in [1.165, 1.54) is 24.3 Å². The summed E-state index contributed by atoms with van der Waals surface area (Å²) in [5, 5.41) is 3.53. The quantitative estimate of drug-likeness (QED) is 0.821. The van der Waals surface area contributed by atoms with Gasteiger partial charge in [0.2, 0.25) is 0 Å². The van der Waals surface area contributed by atoms with Crippen LogP contribution in [0.2, 0.25) is 0 Å². The summed E-state index contributed by atoms with van der Waals surface area (Å²) >= 11 is 0. The van der Waals surface area contributed by atoms with Crippen LogP contribution in [0.25, 0.3) is 0 Å². The molecule has 0 unspecified atom stereocenters. The minimum atomic E-state index is 0.759. The number of fused-ring (bicyclic) bond motifs is 1. The van der Waals surface area contributed by atoms with Crippen LogP contribution in [0.4, 0.5) is 5.69 Å². The molecule has 2 rings (SSSR count). The number of hydrogen-bond donors (Lipinski definition) is 1. The van der Waals surface area contributed by atoms with Gasteiger partial charge in [-0.2, -0.15) is 0 Å². The molecule has 1 heterocycles.